The summed E-state index contributed by atoms with van der Waals surface area (Å²) in [5, 5.41) is 128. The van der Waals surface area contributed by atoms with Gasteiger partial charge in [-0.15, -0.1) is 0 Å². The van der Waals surface area contributed by atoms with Crippen LogP contribution in [-0.2, 0) is 57.4 Å². The van der Waals surface area contributed by atoms with Gasteiger partial charge in [0.2, 0.25) is 59.1 Å². The highest BCUT2D eigenvalue weighted by molar-refractivity contribution is 5.99. The van der Waals surface area contributed by atoms with Crippen LogP contribution < -0.4 is 59.3 Å². The molecule has 33 nitrogen and oxygen atoms in total. The second kappa shape index (κ2) is 39.3. The van der Waals surface area contributed by atoms with E-state index in [9.17, 15) is 99.0 Å². The SMILES string of the molecule is CCCCCCCCCCC[C@@H](O[C@H]1OC[C@@H](O)[C@H](O)[C@H]1O)[C@H](O)[C@H](O)C[C@@H]1CC(=O)N[C@@H](CO)C(=O)N[C@H]([C@H](O)c2ccc(O)cc2)C(=O)N[C@H](CCN)C(=O)NCC(=O)N[C@@H](CC(=O)NCCC)C(=O)N[C@H](CO)C(=O)N[C@@H]([C@H](O)C(N)=O)C(=O)N1. The highest BCUT2D eigenvalue weighted by Gasteiger charge is 2.43. The minimum atomic E-state index is -2.66. The molecule has 2 heterocycles. The third-order valence-corrected chi connectivity index (χ3v) is 14.5. The number of aliphatic hydroxyl groups is 9. The number of nitrogens with two attached hydrogens (primary N) is 2. The van der Waals surface area contributed by atoms with Gasteiger partial charge in [-0.25, -0.2) is 0 Å². The van der Waals surface area contributed by atoms with Crippen LogP contribution in [0.4, 0.5) is 0 Å². The molecule has 33 heteroatoms. The zero-order valence-corrected chi connectivity index (χ0v) is 49.4. The number of rotatable bonds is 28. The second-order valence-electron chi connectivity index (χ2n) is 21.7. The molecule has 0 aromatic heterocycles. The molecular weight excluding hydrogens is 1170 g/mol. The number of amides is 10. The van der Waals surface area contributed by atoms with Gasteiger partial charge in [0.15, 0.2) is 12.4 Å². The number of carbonyl (C=O) groups excluding carboxylic acids is 10. The minimum absolute atomic E-state index is 0.0356. The van der Waals surface area contributed by atoms with Crippen molar-refractivity contribution < 1.29 is 108 Å². The summed E-state index contributed by atoms with van der Waals surface area (Å²) in [6.07, 6.45) is -11.9. The number of carbonyl (C=O) groups is 10. The first-order chi connectivity index (χ1) is 41.8. The Morgan fingerprint density at radius 3 is 1.82 bits per heavy atom. The number of phenols is 1. The topological polar surface area (TPSA) is 552 Å². The Morgan fingerprint density at radius 2 is 1.23 bits per heavy atom. The van der Waals surface area contributed by atoms with Crippen LogP contribution in [0.1, 0.15) is 122 Å². The summed E-state index contributed by atoms with van der Waals surface area (Å²) >= 11 is 0. The van der Waals surface area contributed by atoms with Gasteiger partial charge in [-0.3, -0.25) is 47.9 Å². The number of benzene rings is 1. The lowest BCUT2D eigenvalue weighted by atomic mass is 9.94. The monoisotopic (exact) mass is 1260 g/mol. The van der Waals surface area contributed by atoms with Crippen molar-refractivity contribution in [2.24, 2.45) is 11.5 Å². The van der Waals surface area contributed by atoms with Crippen molar-refractivity contribution in [2.45, 2.75) is 208 Å². The Kier molecular flexibility index (Phi) is 33.7. The van der Waals surface area contributed by atoms with Gasteiger partial charge in [0.1, 0.15) is 72.5 Å². The standard InChI is InChI=1S/C55H91N11O22/c1-3-5-6-7-8-9-10-11-12-13-37(88-55-47(79)45(77)36(71)27-87-55)44(76)35(70)21-29-22-39(73)62-33(25-67)51(83)65-41(43(75)28-14-16-30(69)17-15-28)54(86)63-31(18-19-56)49(81)59-24-40(74)61-32(23-38(72)58-20-4-2)50(82)64-34(26-68)52(84)66-42(53(85)60-29)46(78)48(57)80/h14-17,29,31-37,41-47,55,67-71,75-79H,3-13,18-27,56H2,1-2H3,(H2,57,80)(H,58,72)(H,59,81)(H,60,85)(H,61,74)(H,62,73)(H,63,86)(H,64,82)(H,65,83)(H,66,84)/t29-,31-,32+,33+,34-,35-,36-,37-,41-,42+,43-,44-,45+,46+,47-,55-/m1/s1. The van der Waals surface area contributed by atoms with E-state index < -0.39 is 202 Å². The van der Waals surface area contributed by atoms with E-state index in [1.54, 1.807) is 6.92 Å². The molecule has 1 aromatic carbocycles. The van der Waals surface area contributed by atoms with Crippen LogP contribution in [0.3, 0.4) is 0 Å². The van der Waals surface area contributed by atoms with Gasteiger partial charge in [-0.1, -0.05) is 83.8 Å². The summed E-state index contributed by atoms with van der Waals surface area (Å²) in [6, 6.07) is -9.53. The number of primary amides is 1. The van der Waals surface area contributed by atoms with Crippen molar-refractivity contribution >= 4 is 59.1 Å². The van der Waals surface area contributed by atoms with Crippen LogP contribution in [0.15, 0.2) is 24.3 Å². The lowest BCUT2D eigenvalue weighted by Crippen LogP contribution is -2.63. The van der Waals surface area contributed by atoms with E-state index in [2.05, 4.69) is 49.5 Å². The summed E-state index contributed by atoms with van der Waals surface area (Å²) in [5.74, 6) is -13.3. The van der Waals surface area contributed by atoms with Gasteiger partial charge in [-0.2, -0.15) is 0 Å². The number of phenolic OH excluding ortho intramolecular Hbond substituents is 1. The summed E-state index contributed by atoms with van der Waals surface area (Å²) in [6.45, 7) is -0.400. The molecule has 2 aliphatic heterocycles. The van der Waals surface area contributed by atoms with Crippen LogP contribution in [0, 0.1) is 0 Å². The lowest BCUT2D eigenvalue weighted by Gasteiger charge is -2.38. The fourth-order valence-electron chi connectivity index (χ4n) is 9.42. The van der Waals surface area contributed by atoms with Crippen molar-refractivity contribution in [3.05, 3.63) is 29.8 Å². The van der Waals surface area contributed by atoms with Gasteiger partial charge in [0, 0.05) is 19.0 Å². The van der Waals surface area contributed by atoms with Crippen LogP contribution in [0.2, 0.25) is 0 Å². The number of unbranched alkanes of at least 4 members (excludes halogenated alkanes) is 8. The predicted octanol–water partition coefficient (Wildman–Crippen LogP) is -7.71. The maximum absolute atomic E-state index is 14.3. The third kappa shape index (κ3) is 25.0. The van der Waals surface area contributed by atoms with Crippen molar-refractivity contribution in [3.63, 3.8) is 0 Å². The molecule has 0 aliphatic carbocycles. The van der Waals surface area contributed by atoms with E-state index in [1.165, 1.54) is 12.1 Å². The molecule has 1 aromatic rings. The predicted molar refractivity (Wildman–Crippen MR) is 306 cm³/mol. The van der Waals surface area contributed by atoms with E-state index >= 15 is 0 Å². The summed E-state index contributed by atoms with van der Waals surface area (Å²) < 4.78 is 11.4. The quantitative estimate of drug-likeness (QED) is 0.0347. The Labute approximate surface area is 508 Å². The first kappa shape index (κ1) is 75.5. The Bertz CT molecular complexity index is 2410. The van der Waals surface area contributed by atoms with Gasteiger partial charge >= 0.3 is 0 Å². The Hall–Kier alpha value is -6.76. The number of nitrogens with one attached hydrogen (secondary N) is 9. The van der Waals surface area contributed by atoms with E-state index in [4.69, 9.17) is 20.9 Å². The average molecular weight is 1260 g/mol. The molecule has 0 unspecified atom stereocenters. The van der Waals surface area contributed by atoms with E-state index in [-0.39, 0.29) is 37.2 Å². The maximum atomic E-state index is 14.3. The number of hydrogen-bond acceptors (Lipinski definition) is 23. The molecule has 10 amide bonds. The Morgan fingerprint density at radius 1 is 0.670 bits per heavy atom. The Balaban J connectivity index is 2.17. The van der Waals surface area contributed by atoms with Crippen molar-refractivity contribution in [1.29, 1.82) is 0 Å². The van der Waals surface area contributed by atoms with Crippen LogP contribution in [-0.4, -0.2) is 241 Å². The number of ether oxygens (including phenoxy) is 2. The highest BCUT2D eigenvalue weighted by atomic mass is 16.7. The maximum Gasteiger partial charge on any atom is 0.248 e. The number of aliphatic hydroxyl groups excluding tert-OH is 9. The fraction of sp³-hybridized carbons (Fsp3) is 0.709. The molecule has 0 spiro atoms. The third-order valence-electron chi connectivity index (χ3n) is 14.5. The molecule has 0 bridgehead atoms. The molecule has 16 atom stereocenters. The summed E-state index contributed by atoms with van der Waals surface area (Å²) in [5.41, 5.74) is 11.0. The zero-order chi connectivity index (χ0) is 65.6. The molecule has 0 saturated carbocycles. The molecule has 0 radical (unpaired) electrons. The van der Waals surface area contributed by atoms with Crippen molar-refractivity contribution in [1.82, 2.24) is 47.9 Å². The summed E-state index contributed by atoms with van der Waals surface area (Å²) in [4.78, 5) is 137. The highest BCUT2D eigenvalue weighted by Crippen LogP contribution is 2.25. The summed E-state index contributed by atoms with van der Waals surface area (Å²) in [7, 11) is 0. The van der Waals surface area contributed by atoms with Crippen LogP contribution in [0.25, 0.3) is 0 Å². The molecule has 2 saturated heterocycles. The van der Waals surface area contributed by atoms with Crippen LogP contribution >= 0.6 is 0 Å². The van der Waals surface area contributed by atoms with Gasteiger partial charge in [0.25, 0.3) is 0 Å². The van der Waals surface area contributed by atoms with Crippen molar-refractivity contribution in [2.75, 3.05) is 39.5 Å². The van der Waals surface area contributed by atoms with E-state index in [0.717, 1.165) is 57.1 Å². The number of hydrogen-bond donors (Lipinski definition) is 21. The van der Waals surface area contributed by atoms with Crippen LogP contribution in [0.5, 0.6) is 5.75 Å². The van der Waals surface area contributed by atoms with Gasteiger partial charge < -0.3 is 120 Å². The largest absolute Gasteiger partial charge is 0.508 e. The molecular formula is C55H91N11O22. The first-order valence-electron chi connectivity index (χ1n) is 29.5. The van der Waals surface area contributed by atoms with E-state index in [0.29, 0.717) is 19.3 Å². The molecule has 2 aliphatic rings. The molecule has 498 valence electrons. The minimum Gasteiger partial charge on any atom is -0.508 e. The average Bonchev–Trinajstić information content (AvgIpc) is 3.26. The smallest absolute Gasteiger partial charge is 0.248 e. The normalized spacial score (nSPS) is 26.9. The lowest BCUT2D eigenvalue weighted by molar-refractivity contribution is -0.293. The fourth-order valence-corrected chi connectivity index (χ4v) is 9.42. The molecule has 3 rings (SSSR count). The number of aromatic hydroxyl groups is 1. The van der Waals surface area contributed by atoms with Gasteiger partial charge in [0.05, 0.1) is 45.0 Å². The van der Waals surface area contributed by atoms with E-state index in [1.807, 2.05) is 5.32 Å². The zero-order valence-electron chi connectivity index (χ0n) is 49.4. The molecule has 23 N–H and O–H groups in total. The van der Waals surface area contributed by atoms with Crippen molar-refractivity contribution in [3.8, 4) is 5.75 Å². The second-order valence-corrected chi connectivity index (χ2v) is 21.7. The van der Waals surface area contributed by atoms with Gasteiger partial charge in [-0.05, 0) is 49.9 Å². The molecule has 88 heavy (non-hydrogen) atoms. The molecule has 2 fully saturated rings. The first-order valence-corrected chi connectivity index (χ1v) is 29.5.